The molecule has 2 heterocycles. The first-order chi connectivity index (χ1) is 13.2. The molecule has 142 valence electrons. The first-order valence-corrected chi connectivity index (χ1v) is 9.18. The zero-order valence-corrected chi connectivity index (χ0v) is 15.1. The fourth-order valence-electron chi connectivity index (χ4n) is 3.45. The molecule has 2 aromatic carbocycles. The zero-order valence-electron chi connectivity index (χ0n) is 15.1. The fourth-order valence-corrected chi connectivity index (χ4v) is 3.45. The molecule has 0 saturated carbocycles. The van der Waals surface area contributed by atoms with Gasteiger partial charge >= 0.3 is 0 Å². The van der Waals surface area contributed by atoms with Gasteiger partial charge in [-0.3, -0.25) is 4.90 Å². The maximum Gasteiger partial charge on any atom is 0.168 e. The normalized spacial score (nSPS) is 18.2. The molecule has 0 radical (unpaired) electrons. The van der Waals surface area contributed by atoms with Crippen LogP contribution in [0.2, 0.25) is 0 Å². The van der Waals surface area contributed by atoms with Gasteiger partial charge in [0, 0.05) is 38.4 Å². The predicted octanol–water partition coefficient (Wildman–Crippen LogP) is 2.97. The number of aliphatic hydroxyl groups is 1. The molecular formula is C21H23FN2O3. The van der Waals surface area contributed by atoms with Crippen LogP contribution in [0.5, 0.6) is 11.5 Å². The summed E-state index contributed by atoms with van der Waals surface area (Å²) in [6, 6.07) is 12.2. The molecule has 6 heteroatoms. The van der Waals surface area contributed by atoms with E-state index in [1.54, 1.807) is 24.5 Å². The van der Waals surface area contributed by atoms with Gasteiger partial charge in [-0.1, -0.05) is 12.1 Å². The number of fused-ring (bicyclic) bond motifs is 1. The van der Waals surface area contributed by atoms with Crippen LogP contribution in [0, 0.1) is 5.82 Å². The summed E-state index contributed by atoms with van der Waals surface area (Å²) < 4.78 is 24.5. The number of aliphatic hydroxyl groups excluding tert-OH is 1. The van der Waals surface area contributed by atoms with Crippen molar-refractivity contribution >= 4 is 5.69 Å². The molecule has 1 unspecified atom stereocenters. The summed E-state index contributed by atoms with van der Waals surface area (Å²) in [5.41, 5.74) is 1.72. The summed E-state index contributed by atoms with van der Waals surface area (Å²) in [6.45, 7) is 4.26. The summed E-state index contributed by atoms with van der Waals surface area (Å²) in [6.07, 6.45) is 2.81. The minimum Gasteiger partial charge on any atom is -0.485 e. The van der Waals surface area contributed by atoms with Crippen LogP contribution in [-0.2, 0) is 0 Å². The largest absolute Gasteiger partial charge is 0.485 e. The molecule has 0 spiro atoms. The molecule has 1 saturated heterocycles. The van der Waals surface area contributed by atoms with Gasteiger partial charge in [0.2, 0.25) is 0 Å². The molecule has 5 nitrogen and oxygen atoms in total. The molecule has 2 aromatic rings. The number of hydrogen-bond acceptors (Lipinski definition) is 5. The monoisotopic (exact) mass is 370 g/mol. The maximum atomic E-state index is 13.4. The number of nitrogens with zero attached hydrogens (tertiary/aromatic N) is 2. The van der Waals surface area contributed by atoms with Crippen LogP contribution in [-0.4, -0.2) is 49.3 Å². The first-order valence-electron chi connectivity index (χ1n) is 9.18. The Balaban J connectivity index is 1.34. The fraction of sp³-hybridized carbons (Fsp3) is 0.333. The first kappa shape index (κ1) is 17.8. The molecule has 0 aliphatic carbocycles. The molecule has 1 atom stereocenters. The number of rotatable bonds is 4. The minimum atomic E-state index is -0.601. The Labute approximate surface area is 158 Å². The number of hydrogen-bond donors (Lipinski definition) is 1. The van der Waals surface area contributed by atoms with Gasteiger partial charge in [-0.2, -0.15) is 0 Å². The van der Waals surface area contributed by atoms with Crippen molar-refractivity contribution in [3.05, 3.63) is 66.2 Å². The third-order valence-electron chi connectivity index (χ3n) is 4.96. The van der Waals surface area contributed by atoms with Crippen LogP contribution >= 0.6 is 0 Å². The number of anilines is 1. The van der Waals surface area contributed by atoms with Crippen molar-refractivity contribution in [1.29, 1.82) is 0 Å². The van der Waals surface area contributed by atoms with E-state index in [0.29, 0.717) is 24.7 Å². The highest BCUT2D eigenvalue weighted by Gasteiger charge is 2.21. The second kappa shape index (κ2) is 7.98. The summed E-state index contributed by atoms with van der Waals surface area (Å²) in [5.74, 6) is 1.09. The van der Waals surface area contributed by atoms with Crippen LogP contribution in [0.3, 0.4) is 0 Å². The van der Waals surface area contributed by atoms with Crippen molar-refractivity contribution in [3.8, 4) is 11.5 Å². The third-order valence-corrected chi connectivity index (χ3v) is 4.96. The van der Waals surface area contributed by atoms with Crippen molar-refractivity contribution in [1.82, 2.24) is 4.90 Å². The van der Waals surface area contributed by atoms with E-state index >= 15 is 0 Å². The second-order valence-corrected chi connectivity index (χ2v) is 6.79. The van der Waals surface area contributed by atoms with Crippen molar-refractivity contribution in [3.63, 3.8) is 0 Å². The molecule has 27 heavy (non-hydrogen) atoms. The second-order valence-electron chi connectivity index (χ2n) is 6.79. The van der Waals surface area contributed by atoms with Crippen LogP contribution in [0.4, 0.5) is 10.1 Å². The Hall–Kier alpha value is -2.57. The number of β-amino-alcohol motifs (C(OH)–C–C–N with tert-alkyl or cyclic N) is 1. The topological polar surface area (TPSA) is 45.2 Å². The van der Waals surface area contributed by atoms with Crippen LogP contribution < -0.4 is 14.4 Å². The zero-order chi connectivity index (χ0) is 18.6. The van der Waals surface area contributed by atoms with E-state index in [1.165, 1.54) is 6.07 Å². The van der Waals surface area contributed by atoms with E-state index in [4.69, 9.17) is 9.47 Å². The third kappa shape index (κ3) is 4.23. The van der Waals surface area contributed by atoms with Gasteiger partial charge in [0.1, 0.15) is 12.4 Å². The lowest BCUT2D eigenvalue weighted by molar-refractivity contribution is 0.109. The van der Waals surface area contributed by atoms with E-state index in [2.05, 4.69) is 9.80 Å². The summed E-state index contributed by atoms with van der Waals surface area (Å²) in [5, 5.41) is 10.6. The average Bonchev–Trinajstić information content (AvgIpc) is 2.93. The SMILES string of the molecule is OC(CN1CCN(c2cccc(F)c2)CC1)c1ccc2c(c1)OCC=CO2. The van der Waals surface area contributed by atoms with E-state index in [-0.39, 0.29) is 5.82 Å². The smallest absolute Gasteiger partial charge is 0.168 e. The molecule has 4 rings (SSSR count). The Kier molecular flexibility index (Phi) is 5.27. The Morgan fingerprint density at radius 1 is 1.04 bits per heavy atom. The van der Waals surface area contributed by atoms with Gasteiger partial charge in [-0.15, -0.1) is 0 Å². The summed E-state index contributed by atoms with van der Waals surface area (Å²) in [4.78, 5) is 4.40. The van der Waals surface area contributed by atoms with Crippen LogP contribution in [0.1, 0.15) is 11.7 Å². The van der Waals surface area contributed by atoms with Gasteiger partial charge in [-0.05, 0) is 42.0 Å². The molecule has 2 aliphatic rings. The maximum absolute atomic E-state index is 13.4. The van der Waals surface area contributed by atoms with Gasteiger partial charge < -0.3 is 19.5 Å². The number of benzene rings is 2. The standard InChI is InChI=1S/C21H23FN2O3/c22-17-3-1-4-18(14-17)24-9-7-23(8-10-24)15-19(25)16-5-6-20-21(13-16)27-12-2-11-26-20/h1-6,11,13-14,19,25H,7-10,12,15H2. The highest BCUT2D eigenvalue weighted by molar-refractivity contribution is 5.47. The molecule has 0 bridgehead atoms. The highest BCUT2D eigenvalue weighted by Crippen LogP contribution is 2.32. The summed E-state index contributed by atoms with van der Waals surface area (Å²) in [7, 11) is 0. The quantitative estimate of drug-likeness (QED) is 0.897. The Morgan fingerprint density at radius 3 is 2.70 bits per heavy atom. The Morgan fingerprint density at radius 2 is 1.89 bits per heavy atom. The number of halogens is 1. The van der Waals surface area contributed by atoms with E-state index in [1.807, 2.05) is 24.3 Å². The molecule has 2 aliphatic heterocycles. The minimum absolute atomic E-state index is 0.213. The lowest BCUT2D eigenvalue weighted by atomic mass is 10.1. The van der Waals surface area contributed by atoms with Crippen molar-refractivity contribution in [2.45, 2.75) is 6.10 Å². The molecular weight excluding hydrogens is 347 g/mol. The number of piperazine rings is 1. The summed E-state index contributed by atoms with van der Waals surface area (Å²) >= 11 is 0. The molecule has 0 aromatic heterocycles. The van der Waals surface area contributed by atoms with Gasteiger partial charge in [-0.25, -0.2) is 4.39 Å². The van der Waals surface area contributed by atoms with E-state index in [9.17, 15) is 9.50 Å². The predicted molar refractivity (Wildman–Crippen MR) is 102 cm³/mol. The van der Waals surface area contributed by atoms with Gasteiger partial charge in [0.25, 0.3) is 0 Å². The van der Waals surface area contributed by atoms with E-state index in [0.717, 1.165) is 37.4 Å². The van der Waals surface area contributed by atoms with Crippen molar-refractivity contribution in [2.24, 2.45) is 0 Å². The Bertz CT molecular complexity index is 819. The molecule has 1 fully saturated rings. The van der Waals surface area contributed by atoms with Crippen LogP contribution in [0.25, 0.3) is 0 Å². The molecule has 1 N–H and O–H groups in total. The number of ether oxygens (including phenoxy) is 2. The van der Waals surface area contributed by atoms with Crippen LogP contribution in [0.15, 0.2) is 54.8 Å². The van der Waals surface area contributed by atoms with Crippen molar-refractivity contribution < 1.29 is 19.0 Å². The van der Waals surface area contributed by atoms with Gasteiger partial charge in [0.05, 0.1) is 12.4 Å². The molecule has 0 amide bonds. The van der Waals surface area contributed by atoms with Crippen molar-refractivity contribution in [2.75, 3.05) is 44.2 Å². The lowest BCUT2D eigenvalue weighted by Gasteiger charge is -2.37. The average molecular weight is 370 g/mol. The van der Waals surface area contributed by atoms with E-state index < -0.39 is 6.10 Å². The lowest BCUT2D eigenvalue weighted by Crippen LogP contribution is -2.47. The van der Waals surface area contributed by atoms with Gasteiger partial charge in [0.15, 0.2) is 11.5 Å². The highest BCUT2D eigenvalue weighted by atomic mass is 19.1.